The quantitative estimate of drug-likeness (QED) is 0.491. The molecule has 1 unspecified atom stereocenters. The zero-order valence-electron chi connectivity index (χ0n) is 8.51. The summed E-state index contributed by atoms with van der Waals surface area (Å²) in [4.78, 5) is 10.3. The zero-order valence-corrected chi connectivity index (χ0v) is 10.7. The van der Waals surface area contributed by atoms with Crippen molar-refractivity contribution in [2.24, 2.45) is 0 Å². The lowest BCUT2D eigenvalue weighted by Gasteiger charge is -2.19. The molecule has 0 saturated carbocycles. The molecular weight excluding hydrogens is 374 g/mol. The van der Waals surface area contributed by atoms with Crippen molar-refractivity contribution in [3.63, 3.8) is 0 Å². The molecule has 1 atom stereocenters. The van der Waals surface area contributed by atoms with Crippen LogP contribution in [0.3, 0.4) is 0 Å². The molecule has 8 heteroatoms. The first-order valence-electron chi connectivity index (χ1n) is 4.49. The van der Waals surface area contributed by atoms with Gasteiger partial charge in [0.25, 0.3) is 0 Å². The Balaban J connectivity index is 3.16. The van der Waals surface area contributed by atoms with Crippen LogP contribution >= 0.6 is 22.6 Å². The predicted octanol–water partition coefficient (Wildman–Crippen LogP) is 3.90. The van der Waals surface area contributed by atoms with E-state index in [2.05, 4.69) is 0 Å². The highest BCUT2D eigenvalue weighted by atomic mass is 127. The Bertz CT molecular complexity index is 458. The average molecular weight is 380 g/mol. The van der Waals surface area contributed by atoms with Crippen LogP contribution in [0, 0.1) is 0 Å². The molecule has 1 rings (SSSR count). The van der Waals surface area contributed by atoms with Crippen LogP contribution < -0.4 is 0 Å². The number of halogens is 6. The van der Waals surface area contributed by atoms with Gasteiger partial charge in [-0.15, -0.1) is 0 Å². The van der Waals surface area contributed by atoms with Crippen LogP contribution in [0.4, 0.5) is 22.0 Å². The fourth-order valence-corrected chi connectivity index (χ4v) is 1.84. The van der Waals surface area contributed by atoms with Gasteiger partial charge in [-0.05, 0) is 11.6 Å². The Morgan fingerprint density at radius 2 is 1.78 bits per heavy atom. The predicted molar refractivity (Wildman–Crippen MR) is 60.8 cm³/mol. The van der Waals surface area contributed by atoms with Crippen molar-refractivity contribution in [2.45, 2.75) is 16.0 Å². The molecule has 1 aromatic carbocycles. The van der Waals surface area contributed by atoms with E-state index in [0.717, 1.165) is 40.8 Å². The highest BCUT2D eigenvalue weighted by Crippen LogP contribution is 2.41. The minimum absolute atomic E-state index is 0.391. The Morgan fingerprint density at radius 3 is 2.22 bits per heavy atom. The summed E-state index contributed by atoms with van der Waals surface area (Å²) in [5, 5.41) is 8.33. The van der Waals surface area contributed by atoms with Gasteiger partial charge in [-0.25, -0.2) is 4.79 Å². The van der Waals surface area contributed by atoms with E-state index in [1.807, 2.05) is 0 Å². The molecule has 0 heterocycles. The second kappa shape index (κ2) is 4.98. The summed E-state index contributed by atoms with van der Waals surface area (Å²) in [6.45, 7) is 0. The molecule has 0 radical (unpaired) electrons. The number of carboxylic acid groups (broad SMARTS) is 1. The van der Waals surface area contributed by atoms with Crippen molar-refractivity contribution < 1.29 is 31.9 Å². The summed E-state index contributed by atoms with van der Waals surface area (Å²) < 4.78 is 61.6. The van der Waals surface area contributed by atoms with Crippen LogP contribution in [0.5, 0.6) is 0 Å². The largest absolute Gasteiger partial charge is 0.477 e. The number of benzene rings is 1. The second-order valence-electron chi connectivity index (χ2n) is 3.41. The maximum absolute atomic E-state index is 13.2. The monoisotopic (exact) mass is 380 g/mol. The van der Waals surface area contributed by atoms with Crippen LogP contribution in [0.2, 0.25) is 0 Å². The summed E-state index contributed by atoms with van der Waals surface area (Å²) >= 11 is 1.11. The van der Waals surface area contributed by atoms with Crippen molar-refractivity contribution in [3.05, 3.63) is 35.4 Å². The summed E-state index contributed by atoms with van der Waals surface area (Å²) in [6, 6.07) is 3.24. The van der Waals surface area contributed by atoms with E-state index in [-0.39, 0.29) is 0 Å². The molecule has 0 aliphatic carbocycles. The number of carboxylic acids is 1. The standard InChI is InChI=1S/C10H6F5IO2/c11-9(12,8(17)18)7(16)5-2-1-3-6(4-5)10(13,14)15/h1-4,7H,(H,17,18). The summed E-state index contributed by atoms with van der Waals surface area (Å²) in [5.41, 5.74) is -1.49. The molecule has 0 aliphatic heterocycles. The van der Waals surface area contributed by atoms with Gasteiger partial charge in [0.15, 0.2) is 0 Å². The van der Waals surface area contributed by atoms with Gasteiger partial charge in [-0.2, -0.15) is 22.0 Å². The third-order valence-electron chi connectivity index (χ3n) is 2.11. The van der Waals surface area contributed by atoms with Crippen LogP contribution in [0.25, 0.3) is 0 Å². The van der Waals surface area contributed by atoms with Gasteiger partial charge < -0.3 is 5.11 Å². The van der Waals surface area contributed by atoms with E-state index in [1.165, 1.54) is 0 Å². The van der Waals surface area contributed by atoms with Crippen LogP contribution in [-0.2, 0) is 11.0 Å². The first-order valence-corrected chi connectivity index (χ1v) is 5.74. The molecule has 1 aromatic rings. The second-order valence-corrected chi connectivity index (χ2v) is 4.66. The Kier molecular flexibility index (Phi) is 4.19. The SMILES string of the molecule is O=C(O)C(F)(F)C(I)c1cccc(C(F)(F)F)c1. The van der Waals surface area contributed by atoms with Gasteiger partial charge in [-0.3, -0.25) is 0 Å². The van der Waals surface area contributed by atoms with Gasteiger partial charge in [0.05, 0.1) is 5.56 Å². The first kappa shape index (κ1) is 15.1. The van der Waals surface area contributed by atoms with E-state index in [4.69, 9.17) is 5.11 Å². The molecular formula is C10H6F5IO2. The van der Waals surface area contributed by atoms with E-state index in [1.54, 1.807) is 0 Å². The molecule has 0 amide bonds. The number of carbonyl (C=O) groups is 1. The third kappa shape index (κ3) is 3.09. The molecule has 100 valence electrons. The van der Waals surface area contributed by atoms with Gasteiger partial charge in [0.1, 0.15) is 3.92 Å². The topological polar surface area (TPSA) is 37.3 Å². The Hall–Kier alpha value is -0.930. The third-order valence-corrected chi connectivity index (χ3v) is 3.61. The molecule has 0 aromatic heterocycles. The van der Waals surface area contributed by atoms with Crippen LogP contribution in [-0.4, -0.2) is 17.0 Å². The fourth-order valence-electron chi connectivity index (χ4n) is 1.19. The Labute approximate surface area is 112 Å². The van der Waals surface area contributed by atoms with Crippen LogP contribution in [0.1, 0.15) is 15.1 Å². The molecule has 18 heavy (non-hydrogen) atoms. The maximum Gasteiger partial charge on any atom is 0.416 e. The van der Waals surface area contributed by atoms with E-state index >= 15 is 0 Å². The average Bonchev–Trinajstić information content (AvgIpc) is 2.26. The number of aliphatic carboxylic acids is 1. The molecule has 2 nitrogen and oxygen atoms in total. The lowest BCUT2D eigenvalue weighted by Crippen LogP contribution is -2.32. The maximum atomic E-state index is 13.2. The Morgan fingerprint density at radius 1 is 1.22 bits per heavy atom. The van der Waals surface area contributed by atoms with Crippen molar-refractivity contribution in [2.75, 3.05) is 0 Å². The molecule has 1 N–H and O–H groups in total. The number of rotatable bonds is 3. The van der Waals surface area contributed by atoms with Crippen molar-refractivity contribution in [3.8, 4) is 0 Å². The van der Waals surface area contributed by atoms with Gasteiger partial charge in [0, 0.05) is 0 Å². The highest BCUT2D eigenvalue weighted by Gasteiger charge is 2.47. The van der Waals surface area contributed by atoms with Crippen LogP contribution in [0.15, 0.2) is 24.3 Å². The van der Waals surface area contributed by atoms with Gasteiger partial charge in [0.2, 0.25) is 0 Å². The smallest absolute Gasteiger partial charge is 0.416 e. The van der Waals surface area contributed by atoms with Gasteiger partial charge >= 0.3 is 18.1 Å². The fraction of sp³-hybridized carbons (Fsp3) is 0.300. The molecule has 0 bridgehead atoms. The lowest BCUT2D eigenvalue weighted by atomic mass is 10.0. The molecule has 0 spiro atoms. The number of hydrogen-bond donors (Lipinski definition) is 1. The molecule has 0 saturated heterocycles. The lowest BCUT2D eigenvalue weighted by molar-refractivity contribution is -0.164. The summed E-state index contributed by atoms with van der Waals surface area (Å²) in [5.74, 6) is -6.51. The molecule has 0 aliphatic rings. The highest BCUT2D eigenvalue weighted by molar-refractivity contribution is 14.1. The minimum atomic E-state index is -4.66. The van der Waals surface area contributed by atoms with Crippen molar-refractivity contribution in [1.82, 2.24) is 0 Å². The normalized spacial score (nSPS) is 14.3. The van der Waals surface area contributed by atoms with Crippen molar-refractivity contribution in [1.29, 1.82) is 0 Å². The number of alkyl halides is 6. The van der Waals surface area contributed by atoms with E-state index < -0.39 is 33.1 Å². The van der Waals surface area contributed by atoms with E-state index in [0.29, 0.717) is 6.07 Å². The number of hydrogen-bond acceptors (Lipinski definition) is 1. The minimum Gasteiger partial charge on any atom is -0.477 e. The summed E-state index contributed by atoms with van der Waals surface area (Å²) in [6.07, 6.45) is -4.66. The summed E-state index contributed by atoms with van der Waals surface area (Å²) in [7, 11) is 0. The van der Waals surface area contributed by atoms with Gasteiger partial charge in [-0.1, -0.05) is 40.8 Å². The first-order chi connectivity index (χ1) is 8.06. The van der Waals surface area contributed by atoms with E-state index in [9.17, 15) is 26.7 Å². The van der Waals surface area contributed by atoms with Crippen molar-refractivity contribution >= 4 is 28.6 Å². The molecule has 0 fully saturated rings. The zero-order chi connectivity index (χ0) is 14.1.